The number of nitrogens with zero attached hydrogens (tertiary/aromatic N) is 2. The first-order valence-electron chi connectivity index (χ1n) is 12.7. The number of carbonyl (C=O) groups is 1. The maximum Gasteiger partial charge on any atom is 0.416 e. The molecule has 0 radical (unpaired) electrons. The van der Waals surface area contributed by atoms with Crippen molar-refractivity contribution in [3.05, 3.63) is 76.4 Å². The van der Waals surface area contributed by atoms with Crippen LogP contribution in [0, 0.1) is 5.92 Å². The summed E-state index contributed by atoms with van der Waals surface area (Å²) in [6.07, 6.45) is -3.59. The quantitative estimate of drug-likeness (QED) is 0.466. The van der Waals surface area contributed by atoms with Crippen molar-refractivity contribution in [2.75, 3.05) is 26.2 Å². The predicted octanol–water partition coefficient (Wildman–Crippen LogP) is 6.31. The van der Waals surface area contributed by atoms with Gasteiger partial charge in [-0.1, -0.05) is 43.3 Å². The van der Waals surface area contributed by atoms with Crippen LogP contribution >= 0.6 is 0 Å². The van der Waals surface area contributed by atoms with Gasteiger partial charge in [0.15, 0.2) is 0 Å². The molecule has 2 saturated heterocycles. The third kappa shape index (κ3) is 5.02. The smallest absolute Gasteiger partial charge is 0.334 e. The molecule has 0 aromatic heterocycles. The highest BCUT2D eigenvalue weighted by molar-refractivity contribution is 5.74. The molecule has 3 atom stereocenters. The Bertz CT molecular complexity index is 1210. The van der Waals surface area contributed by atoms with Gasteiger partial charge in [-0.25, -0.2) is 4.79 Å². The predicted molar refractivity (Wildman–Crippen MR) is 131 cm³/mol. The highest BCUT2D eigenvalue weighted by atomic mass is 19.4. The van der Waals surface area contributed by atoms with E-state index in [9.17, 15) is 31.1 Å². The van der Waals surface area contributed by atoms with Gasteiger partial charge in [0.2, 0.25) is 0 Å². The Hall–Kier alpha value is -3.01. The zero-order valence-electron chi connectivity index (χ0n) is 20.9. The molecule has 1 aliphatic carbocycles. The number of rotatable bonds is 3. The number of hydrogen-bond acceptors (Lipinski definition) is 2. The zero-order chi connectivity index (χ0) is 27.3. The molecule has 2 fully saturated rings. The maximum atomic E-state index is 13.1. The molecule has 10 heteroatoms. The van der Waals surface area contributed by atoms with Gasteiger partial charge in [0.25, 0.3) is 0 Å². The number of allylic oxidation sites excluding steroid dienone is 1. The van der Waals surface area contributed by atoms with Crippen LogP contribution in [-0.2, 0) is 24.3 Å². The number of likely N-dealkylation sites (tertiary alicyclic amines) is 2. The second kappa shape index (κ2) is 9.63. The van der Waals surface area contributed by atoms with Crippen molar-refractivity contribution in [1.29, 1.82) is 0 Å². The van der Waals surface area contributed by atoms with Crippen LogP contribution in [0.5, 0.6) is 0 Å². The van der Waals surface area contributed by atoms with Gasteiger partial charge in [0, 0.05) is 37.6 Å². The summed E-state index contributed by atoms with van der Waals surface area (Å²) in [5, 5.41) is 2.51. The van der Waals surface area contributed by atoms with E-state index >= 15 is 0 Å². The highest BCUT2D eigenvalue weighted by Gasteiger charge is 2.45. The average Bonchev–Trinajstić information content (AvgIpc) is 3.50. The fourth-order valence-electron chi connectivity index (χ4n) is 6.19. The first-order valence-corrected chi connectivity index (χ1v) is 12.7. The fourth-order valence-corrected chi connectivity index (χ4v) is 6.19. The van der Waals surface area contributed by atoms with Crippen LogP contribution in [0.4, 0.5) is 31.1 Å². The van der Waals surface area contributed by atoms with Crippen LogP contribution in [0.15, 0.2) is 48.5 Å². The van der Waals surface area contributed by atoms with Crippen molar-refractivity contribution < 1.29 is 31.1 Å². The minimum Gasteiger partial charge on any atom is -0.334 e. The molecule has 1 unspecified atom stereocenters. The number of piperidine rings is 1. The molecule has 0 bridgehead atoms. The van der Waals surface area contributed by atoms with Crippen LogP contribution in [0.25, 0.3) is 6.08 Å². The number of nitrogens with one attached hydrogen (secondary N) is 1. The Labute approximate surface area is 217 Å². The summed E-state index contributed by atoms with van der Waals surface area (Å²) < 4.78 is 78.8. The molecule has 38 heavy (non-hydrogen) atoms. The lowest BCUT2D eigenvalue weighted by Gasteiger charge is -2.46. The van der Waals surface area contributed by atoms with E-state index in [1.165, 1.54) is 11.1 Å². The summed E-state index contributed by atoms with van der Waals surface area (Å²) in [6, 6.07) is 9.48. The second-order valence-corrected chi connectivity index (χ2v) is 10.6. The lowest BCUT2D eigenvalue weighted by Crippen LogP contribution is -2.52. The first-order chi connectivity index (χ1) is 17.9. The van der Waals surface area contributed by atoms with E-state index in [2.05, 4.69) is 47.5 Å². The molecule has 2 aliphatic heterocycles. The Balaban J connectivity index is 1.19. The first kappa shape index (κ1) is 26.6. The van der Waals surface area contributed by atoms with Gasteiger partial charge >= 0.3 is 18.4 Å². The normalized spacial score (nSPS) is 25.7. The van der Waals surface area contributed by atoms with Crippen molar-refractivity contribution in [1.82, 2.24) is 15.1 Å². The van der Waals surface area contributed by atoms with E-state index in [0.717, 1.165) is 25.9 Å². The van der Waals surface area contributed by atoms with Gasteiger partial charge in [-0.3, -0.25) is 4.90 Å². The minimum absolute atomic E-state index is 0.0168. The minimum atomic E-state index is -4.93. The molecule has 2 amide bonds. The van der Waals surface area contributed by atoms with E-state index in [-0.39, 0.29) is 23.1 Å². The van der Waals surface area contributed by atoms with Gasteiger partial charge < -0.3 is 10.2 Å². The third-order valence-corrected chi connectivity index (χ3v) is 8.28. The van der Waals surface area contributed by atoms with Gasteiger partial charge in [-0.2, -0.15) is 26.3 Å². The molecule has 2 aromatic rings. The number of alkyl halides is 6. The Morgan fingerprint density at radius 1 is 1.00 bits per heavy atom. The van der Waals surface area contributed by atoms with E-state index in [4.69, 9.17) is 0 Å². The van der Waals surface area contributed by atoms with Gasteiger partial charge in [-0.15, -0.1) is 0 Å². The van der Waals surface area contributed by atoms with Crippen molar-refractivity contribution in [2.24, 2.45) is 5.92 Å². The second-order valence-electron chi connectivity index (χ2n) is 10.6. The van der Waals surface area contributed by atoms with Crippen molar-refractivity contribution >= 4 is 12.1 Å². The standard InChI is InChI=1S/C28H29F6N3O/c1-18-16-36(11-9-26(18)8-6-20-4-2-3-5-24(20)26)23-7-10-37(17-23)25(38)35-15-19-12-21(27(29,30)31)14-22(13-19)28(32,33)34/h2-6,8,12-14,18,23H,7,9-11,15-17H2,1H3,(H,35,38)/t18-,23?,26-/m0/s1. The summed E-state index contributed by atoms with van der Waals surface area (Å²) in [6.45, 7) is 4.53. The lowest BCUT2D eigenvalue weighted by molar-refractivity contribution is -0.143. The van der Waals surface area contributed by atoms with Gasteiger partial charge in [0.1, 0.15) is 0 Å². The number of urea groups is 1. The molecule has 1 spiro atoms. The largest absolute Gasteiger partial charge is 0.416 e. The molecule has 5 rings (SSSR count). The number of halogens is 6. The number of fused-ring (bicyclic) bond motifs is 2. The van der Waals surface area contributed by atoms with Crippen molar-refractivity contribution in [3.8, 4) is 0 Å². The molecule has 204 valence electrons. The van der Waals surface area contributed by atoms with Crippen molar-refractivity contribution in [2.45, 2.75) is 50.1 Å². The molecule has 2 aromatic carbocycles. The summed E-state index contributed by atoms with van der Waals surface area (Å²) in [4.78, 5) is 16.7. The summed E-state index contributed by atoms with van der Waals surface area (Å²) in [5.41, 5.74) is -0.397. The molecular formula is C28H29F6N3O. The van der Waals surface area contributed by atoms with Crippen LogP contribution < -0.4 is 5.32 Å². The Morgan fingerprint density at radius 2 is 1.68 bits per heavy atom. The van der Waals surface area contributed by atoms with Crippen LogP contribution in [0.2, 0.25) is 0 Å². The molecular weight excluding hydrogens is 508 g/mol. The zero-order valence-corrected chi connectivity index (χ0v) is 20.9. The molecule has 0 saturated carbocycles. The highest BCUT2D eigenvalue weighted by Crippen LogP contribution is 2.47. The third-order valence-electron chi connectivity index (χ3n) is 8.28. The van der Waals surface area contributed by atoms with Gasteiger partial charge in [-0.05, 0) is 60.2 Å². The van der Waals surface area contributed by atoms with E-state index < -0.39 is 36.1 Å². The molecule has 2 heterocycles. The molecule has 1 N–H and O–H groups in total. The maximum absolute atomic E-state index is 13.1. The Kier molecular flexibility index (Phi) is 6.74. The van der Waals surface area contributed by atoms with E-state index in [0.29, 0.717) is 31.1 Å². The van der Waals surface area contributed by atoms with Crippen molar-refractivity contribution in [3.63, 3.8) is 0 Å². The number of benzene rings is 2. The summed E-state index contributed by atoms with van der Waals surface area (Å²) in [7, 11) is 0. The SMILES string of the molecule is C[C@H]1CN(C2CCN(C(=O)NCc3cc(C(F)(F)F)cc(C(F)(F)F)c3)C2)CC[C@@]12C=Cc1ccccc12. The fraction of sp³-hybridized carbons (Fsp3) is 0.464. The van der Waals surface area contributed by atoms with E-state index in [1.807, 2.05) is 6.07 Å². The Morgan fingerprint density at radius 3 is 2.34 bits per heavy atom. The number of carbonyl (C=O) groups excluding carboxylic acids is 1. The lowest BCUT2D eigenvalue weighted by atomic mass is 9.68. The number of amides is 2. The van der Waals surface area contributed by atoms with Gasteiger partial charge in [0.05, 0.1) is 11.1 Å². The average molecular weight is 538 g/mol. The number of hydrogen-bond donors (Lipinski definition) is 1. The van der Waals surface area contributed by atoms with Crippen LogP contribution in [-0.4, -0.2) is 48.1 Å². The summed E-state index contributed by atoms with van der Waals surface area (Å²) in [5.74, 6) is 0.378. The monoisotopic (exact) mass is 537 g/mol. The topological polar surface area (TPSA) is 35.6 Å². The summed E-state index contributed by atoms with van der Waals surface area (Å²) >= 11 is 0. The van der Waals surface area contributed by atoms with E-state index in [1.54, 1.807) is 4.90 Å². The van der Waals surface area contributed by atoms with Crippen LogP contribution in [0.1, 0.15) is 47.6 Å². The molecule has 4 nitrogen and oxygen atoms in total. The molecule has 3 aliphatic rings. The van der Waals surface area contributed by atoms with Crippen LogP contribution in [0.3, 0.4) is 0 Å².